The van der Waals surface area contributed by atoms with Crippen LogP contribution in [0.2, 0.25) is 0 Å². The highest BCUT2D eigenvalue weighted by Gasteiger charge is 2.22. The number of carboxylic acids is 1. The molecule has 1 aliphatic rings. The molecule has 1 heterocycles. The van der Waals surface area contributed by atoms with Gasteiger partial charge in [-0.05, 0) is 30.5 Å². The Bertz CT molecular complexity index is 523. The number of carboxylic acid groups (broad SMARTS) is 1. The van der Waals surface area contributed by atoms with Crippen LogP contribution < -0.4 is 5.32 Å². The van der Waals surface area contributed by atoms with Crippen LogP contribution in [-0.2, 0) is 9.53 Å². The van der Waals surface area contributed by atoms with Gasteiger partial charge in [0.1, 0.15) is 6.04 Å². The summed E-state index contributed by atoms with van der Waals surface area (Å²) in [5.41, 5.74) is 1.58. The zero-order valence-corrected chi connectivity index (χ0v) is 12.9. The quantitative estimate of drug-likeness (QED) is 0.812. The second-order valence-electron chi connectivity index (χ2n) is 5.69. The van der Waals surface area contributed by atoms with Gasteiger partial charge in [-0.3, -0.25) is 4.79 Å². The predicted molar refractivity (Wildman–Crippen MR) is 83.0 cm³/mol. The lowest BCUT2D eigenvalue weighted by atomic mass is 9.96. The van der Waals surface area contributed by atoms with Gasteiger partial charge in [-0.1, -0.05) is 31.9 Å². The maximum Gasteiger partial charge on any atom is 0.326 e. The van der Waals surface area contributed by atoms with Crippen LogP contribution in [-0.4, -0.2) is 36.2 Å². The number of benzene rings is 1. The first-order chi connectivity index (χ1) is 10.6. The van der Waals surface area contributed by atoms with E-state index in [-0.39, 0.29) is 5.91 Å². The number of amides is 1. The van der Waals surface area contributed by atoms with E-state index in [1.165, 1.54) is 0 Å². The van der Waals surface area contributed by atoms with Crippen LogP contribution in [0.3, 0.4) is 0 Å². The van der Waals surface area contributed by atoms with Crippen molar-refractivity contribution in [3.05, 3.63) is 35.4 Å². The number of ether oxygens (including phenoxy) is 1. The first-order valence-electron chi connectivity index (χ1n) is 7.83. The Morgan fingerprint density at radius 3 is 2.91 bits per heavy atom. The van der Waals surface area contributed by atoms with E-state index < -0.39 is 12.0 Å². The third-order valence-electron chi connectivity index (χ3n) is 4.00. The molecule has 22 heavy (non-hydrogen) atoms. The van der Waals surface area contributed by atoms with Crippen LogP contribution in [0.5, 0.6) is 0 Å². The minimum atomic E-state index is -0.984. The second kappa shape index (κ2) is 7.94. The summed E-state index contributed by atoms with van der Waals surface area (Å²) in [4.78, 5) is 23.5. The van der Waals surface area contributed by atoms with E-state index >= 15 is 0 Å². The summed E-state index contributed by atoms with van der Waals surface area (Å²) in [6.45, 7) is 3.42. The van der Waals surface area contributed by atoms with Crippen LogP contribution in [0.1, 0.15) is 54.4 Å². The minimum absolute atomic E-state index is 0.322. The predicted octanol–water partition coefficient (Wildman–Crippen LogP) is 2.56. The summed E-state index contributed by atoms with van der Waals surface area (Å²) in [5.74, 6) is -0.991. The first-order valence-corrected chi connectivity index (χ1v) is 7.83. The Kier molecular flexibility index (Phi) is 5.95. The van der Waals surface area contributed by atoms with Gasteiger partial charge in [-0.25, -0.2) is 4.79 Å². The molecule has 1 aliphatic heterocycles. The minimum Gasteiger partial charge on any atom is -0.480 e. The molecule has 2 rings (SSSR count). The molecule has 0 spiro atoms. The summed E-state index contributed by atoms with van der Waals surface area (Å²) < 4.78 is 5.37. The lowest BCUT2D eigenvalue weighted by Crippen LogP contribution is -2.40. The van der Waals surface area contributed by atoms with Gasteiger partial charge >= 0.3 is 5.97 Å². The van der Waals surface area contributed by atoms with Crippen LogP contribution >= 0.6 is 0 Å². The van der Waals surface area contributed by atoms with Crippen LogP contribution in [0.25, 0.3) is 0 Å². The number of unbranched alkanes of at least 4 members (excludes halogenated alkanes) is 1. The maximum atomic E-state index is 12.3. The number of hydrogen-bond donors (Lipinski definition) is 2. The molecule has 120 valence electrons. The maximum absolute atomic E-state index is 12.3. The van der Waals surface area contributed by atoms with Gasteiger partial charge in [0.2, 0.25) is 0 Å². The Balaban J connectivity index is 2.04. The van der Waals surface area contributed by atoms with Gasteiger partial charge in [0, 0.05) is 18.1 Å². The zero-order chi connectivity index (χ0) is 15.9. The number of carbonyl (C=O) groups excluding carboxylic acids is 1. The highest BCUT2D eigenvalue weighted by Crippen LogP contribution is 2.25. The molecule has 1 fully saturated rings. The fourth-order valence-electron chi connectivity index (χ4n) is 2.64. The third kappa shape index (κ3) is 4.31. The molecule has 0 aliphatic carbocycles. The molecule has 2 atom stereocenters. The summed E-state index contributed by atoms with van der Waals surface area (Å²) in [5, 5.41) is 11.8. The summed E-state index contributed by atoms with van der Waals surface area (Å²) in [6.07, 6.45) is 3.08. The Morgan fingerprint density at radius 1 is 1.45 bits per heavy atom. The van der Waals surface area contributed by atoms with E-state index in [9.17, 15) is 14.7 Å². The van der Waals surface area contributed by atoms with Crippen molar-refractivity contribution >= 4 is 11.9 Å². The molecule has 1 aromatic carbocycles. The molecule has 1 amide bonds. The molecule has 5 heteroatoms. The summed E-state index contributed by atoms with van der Waals surface area (Å²) in [7, 11) is 0. The van der Waals surface area contributed by atoms with Crippen molar-refractivity contribution in [1.82, 2.24) is 5.32 Å². The third-order valence-corrected chi connectivity index (χ3v) is 4.00. The second-order valence-corrected chi connectivity index (χ2v) is 5.69. The van der Waals surface area contributed by atoms with Crippen molar-refractivity contribution in [2.45, 2.75) is 44.6 Å². The largest absolute Gasteiger partial charge is 0.480 e. The van der Waals surface area contributed by atoms with Gasteiger partial charge in [-0.15, -0.1) is 0 Å². The van der Waals surface area contributed by atoms with Crippen molar-refractivity contribution in [3.8, 4) is 0 Å². The van der Waals surface area contributed by atoms with Gasteiger partial charge < -0.3 is 15.2 Å². The smallest absolute Gasteiger partial charge is 0.326 e. The number of nitrogens with one attached hydrogen (secondary N) is 1. The number of hydrogen-bond acceptors (Lipinski definition) is 3. The van der Waals surface area contributed by atoms with Gasteiger partial charge in [0.15, 0.2) is 0 Å². The normalized spacial score (nSPS) is 18.9. The molecule has 0 aromatic heterocycles. The van der Waals surface area contributed by atoms with Crippen molar-refractivity contribution < 1.29 is 19.4 Å². The fraction of sp³-hybridized carbons (Fsp3) is 0.529. The fourth-order valence-corrected chi connectivity index (χ4v) is 2.64. The zero-order valence-electron chi connectivity index (χ0n) is 12.9. The Labute approximate surface area is 130 Å². The average Bonchev–Trinajstić information content (AvgIpc) is 3.05. The summed E-state index contributed by atoms with van der Waals surface area (Å²) in [6, 6.07) is 6.55. The standard InChI is InChI=1S/C17H23NO4/c1-2-3-7-15(17(20)21)18-16(19)13-6-4-5-12(10-13)14-8-9-22-11-14/h4-6,10,14-15H,2-3,7-9,11H2,1H3,(H,18,19)(H,20,21). The van der Waals surface area contributed by atoms with E-state index in [4.69, 9.17) is 4.74 Å². The molecule has 0 radical (unpaired) electrons. The first kappa shape index (κ1) is 16.5. The van der Waals surface area contributed by atoms with Gasteiger partial charge in [0.25, 0.3) is 5.91 Å². The monoisotopic (exact) mass is 305 g/mol. The number of rotatable bonds is 7. The molecule has 0 saturated carbocycles. The molecular formula is C17H23NO4. The van der Waals surface area contributed by atoms with Crippen molar-refractivity contribution in [3.63, 3.8) is 0 Å². The van der Waals surface area contributed by atoms with Crippen LogP contribution in [0.15, 0.2) is 24.3 Å². The molecule has 5 nitrogen and oxygen atoms in total. The van der Waals surface area contributed by atoms with Crippen molar-refractivity contribution in [1.29, 1.82) is 0 Å². The lowest BCUT2D eigenvalue weighted by Gasteiger charge is -2.15. The Morgan fingerprint density at radius 2 is 2.27 bits per heavy atom. The highest BCUT2D eigenvalue weighted by molar-refractivity contribution is 5.96. The van der Waals surface area contributed by atoms with Crippen molar-refractivity contribution in [2.24, 2.45) is 0 Å². The molecule has 2 N–H and O–H groups in total. The highest BCUT2D eigenvalue weighted by atomic mass is 16.5. The SMILES string of the molecule is CCCCC(NC(=O)c1cccc(C2CCOC2)c1)C(=O)O. The molecule has 0 bridgehead atoms. The Hall–Kier alpha value is -1.88. The van der Waals surface area contributed by atoms with E-state index in [0.29, 0.717) is 24.5 Å². The molecular weight excluding hydrogens is 282 g/mol. The van der Waals surface area contributed by atoms with E-state index in [1.807, 2.05) is 25.1 Å². The van der Waals surface area contributed by atoms with Gasteiger partial charge in [0.05, 0.1) is 6.61 Å². The molecule has 1 aromatic rings. The van der Waals surface area contributed by atoms with Crippen LogP contribution in [0.4, 0.5) is 0 Å². The topological polar surface area (TPSA) is 75.6 Å². The van der Waals surface area contributed by atoms with E-state index in [0.717, 1.165) is 31.4 Å². The molecule has 1 saturated heterocycles. The summed E-state index contributed by atoms with van der Waals surface area (Å²) >= 11 is 0. The number of aliphatic carboxylic acids is 1. The molecule has 2 unspecified atom stereocenters. The number of carbonyl (C=O) groups is 2. The van der Waals surface area contributed by atoms with E-state index in [1.54, 1.807) is 6.07 Å². The van der Waals surface area contributed by atoms with E-state index in [2.05, 4.69) is 5.32 Å². The van der Waals surface area contributed by atoms with Crippen molar-refractivity contribution in [2.75, 3.05) is 13.2 Å². The van der Waals surface area contributed by atoms with Crippen LogP contribution in [0, 0.1) is 0 Å². The van der Waals surface area contributed by atoms with Gasteiger partial charge in [-0.2, -0.15) is 0 Å². The average molecular weight is 305 g/mol. The lowest BCUT2D eigenvalue weighted by molar-refractivity contribution is -0.139.